The molecule has 1 aromatic carbocycles. The van der Waals surface area contributed by atoms with Crippen molar-refractivity contribution < 1.29 is 18.9 Å². The number of rotatable bonds is 5. The molecule has 0 aliphatic heterocycles. The first-order valence-electron chi connectivity index (χ1n) is 5.92. The lowest BCUT2D eigenvalue weighted by atomic mass is 10.2. The molecule has 1 heterocycles. The SMILES string of the molecule is COc1cc(C(=O)N/N=C\c2ccc([N+](=O)[O-])o2)ccc1I. The summed E-state index contributed by atoms with van der Waals surface area (Å²) in [6.07, 6.45) is 1.18. The van der Waals surface area contributed by atoms with E-state index >= 15 is 0 Å². The summed E-state index contributed by atoms with van der Waals surface area (Å²) in [5.41, 5.74) is 2.67. The lowest BCUT2D eigenvalue weighted by Gasteiger charge is -2.05. The van der Waals surface area contributed by atoms with Gasteiger partial charge in [0.2, 0.25) is 0 Å². The number of nitrogens with zero attached hydrogens (tertiary/aromatic N) is 2. The van der Waals surface area contributed by atoms with E-state index in [0.29, 0.717) is 11.3 Å². The van der Waals surface area contributed by atoms with E-state index in [1.807, 2.05) is 0 Å². The highest BCUT2D eigenvalue weighted by Crippen LogP contribution is 2.21. The summed E-state index contributed by atoms with van der Waals surface area (Å²) in [7, 11) is 1.52. The van der Waals surface area contributed by atoms with E-state index in [9.17, 15) is 14.9 Å². The highest BCUT2D eigenvalue weighted by molar-refractivity contribution is 14.1. The van der Waals surface area contributed by atoms with E-state index in [2.05, 4.69) is 33.1 Å². The van der Waals surface area contributed by atoms with Gasteiger partial charge in [0.15, 0.2) is 5.76 Å². The van der Waals surface area contributed by atoms with Gasteiger partial charge >= 0.3 is 5.88 Å². The average molecular weight is 415 g/mol. The topological polar surface area (TPSA) is 107 Å². The molecule has 0 bridgehead atoms. The molecule has 0 spiro atoms. The van der Waals surface area contributed by atoms with Gasteiger partial charge in [-0.2, -0.15) is 5.10 Å². The number of furan rings is 1. The molecule has 0 saturated carbocycles. The molecule has 114 valence electrons. The molecule has 0 aliphatic carbocycles. The number of hydrogen-bond donors (Lipinski definition) is 1. The smallest absolute Gasteiger partial charge is 0.433 e. The van der Waals surface area contributed by atoms with Crippen molar-refractivity contribution >= 4 is 40.6 Å². The molecule has 1 aromatic heterocycles. The molecular weight excluding hydrogens is 405 g/mol. The quantitative estimate of drug-likeness (QED) is 0.350. The second kappa shape index (κ2) is 7.02. The first-order chi connectivity index (χ1) is 10.5. The molecule has 0 fully saturated rings. The largest absolute Gasteiger partial charge is 0.496 e. The fraction of sp³-hybridized carbons (Fsp3) is 0.0769. The average Bonchev–Trinajstić information content (AvgIpc) is 2.96. The van der Waals surface area contributed by atoms with Gasteiger partial charge in [-0.05, 0) is 46.9 Å². The second-order valence-corrected chi connectivity index (χ2v) is 5.14. The third-order valence-corrected chi connectivity index (χ3v) is 3.45. The van der Waals surface area contributed by atoms with Crippen molar-refractivity contribution in [1.29, 1.82) is 0 Å². The fourth-order valence-corrected chi connectivity index (χ4v) is 2.09. The summed E-state index contributed by atoms with van der Waals surface area (Å²) in [6.45, 7) is 0. The molecule has 0 aliphatic rings. The van der Waals surface area contributed by atoms with Crippen molar-refractivity contribution in [3.05, 3.63) is 55.3 Å². The van der Waals surface area contributed by atoms with Crippen LogP contribution in [0.3, 0.4) is 0 Å². The fourth-order valence-electron chi connectivity index (χ4n) is 1.53. The molecule has 1 N–H and O–H groups in total. The van der Waals surface area contributed by atoms with Crippen LogP contribution < -0.4 is 10.2 Å². The monoisotopic (exact) mass is 415 g/mol. The Bertz CT molecular complexity index is 741. The minimum atomic E-state index is -0.659. The molecule has 22 heavy (non-hydrogen) atoms. The van der Waals surface area contributed by atoms with Crippen LogP contribution in [-0.4, -0.2) is 24.2 Å². The van der Waals surface area contributed by atoms with Crippen LogP contribution >= 0.6 is 22.6 Å². The van der Waals surface area contributed by atoms with Crippen LogP contribution in [0.2, 0.25) is 0 Å². The van der Waals surface area contributed by atoms with Crippen LogP contribution in [0.15, 0.2) is 39.9 Å². The van der Waals surface area contributed by atoms with Crippen molar-refractivity contribution in [2.45, 2.75) is 0 Å². The van der Waals surface area contributed by atoms with Crippen molar-refractivity contribution in [2.75, 3.05) is 7.11 Å². The van der Waals surface area contributed by atoms with Crippen LogP contribution in [0.4, 0.5) is 5.88 Å². The van der Waals surface area contributed by atoms with Gasteiger partial charge in [-0.25, -0.2) is 5.43 Å². The van der Waals surface area contributed by atoms with E-state index in [4.69, 9.17) is 9.15 Å². The van der Waals surface area contributed by atoms with Gasteiger partial charge in [0.25, 0.3) is 5.91 Å². The Labute approximate surface area is 138 Å². The number of hydrogen-bond acceptors (Lipinski definition) is 6. The number of hydrazone groups is 1. The summed E-state index contributed by atoms with van der Waals surface area (Å²) in [6, 6.07) is 7.54. The third kappa shape index (κ3) is 3.81. The van der Waals surface area contributed by atoms with E-state index in [1.54, 1.807) is 18.2 Å². The Kier molecular flexibility index (Phi) is 5.09. The predicted octanol–water partition coefficient (Wildman–Crippen LogP) is 2.56. The minimum absolute atomic E-state index is 0.159. The normalized spacial score (nSPS) is 10.6. The number of amides is 1. The summed E-state index contributed by atoms with van der Waals surface area (Å²) in [5, 5.41) is 14.1. The Morgan fingerprint density at radius 3 is 2.86 bits per heavy atom. The molecule has 1 amide bonds. The maximum Gasteiger partial charge on any atom is 0.433 e. The van der Waals surface area contributed by atoms with Crippen LogP contribution in [0, 0.1) is 13.7 Å². The lowest BCUT2D eigenvalue weighted by molar-refractivity contribution is -0.402. The van der Waals surface area contributed by atoms with Gasteiger partial charge in [0.05, 0.1) is 23.0 Å². The van der Waals surface area contributed by atoms with E-state index in [-0.39, 0.29) is 5.76 Å². The Balaban J connectivity index is 2.02. The van der Waals surface area contributed by atoms with Gasteiger partial charge < -0.3 is 9.15 Å². The maximum atomic E-state index is 11.9. The molecule has 0 saturated heterocycles. The Morgan fingerprint density at radius 2 is 2.23 bits per heavy atom. The summed E-state index contributed by atoms with van der Waals surface area (Å²) in [5.74, 6) is -0.0896. The van der Waals surface area contributed by atoms with Crippen LogP contribution in [-0.2, 0) is 0 Å². The molecule has 2 rings (SSSR count). The van der Waals surface area contributed by atoms with Gasteiger partial charge in [-0.1, -0.05) is 0 Å². The van der Waals surface area contributed by atoms with Gasteiger partial charge in [0.1, 0.15) is 10.7 Å². The lowest BCUT2D eigenvalue weighted by Crippen LogP contribution is -2.17. The van der Waals surface area contributed by atoms with E-state index in [0.717, 1.165) is 3.57 Å². The molecule has 8 nitrogen and oxygen atoms in total. The van der Waals surface area contributed by atoms with Crippen LogP contribution in [0.1, 0.15) is 16.1 Å². The van der Waals surface area contributed by atoms with Crippen molar-refractivity contribution in [2.24, 2.45) is 5.10 Å². The molecular formula is C13H10IN3O5. The summed E-state index contributed by atoms with van der Waals surface area (Å²) >= 11 is 2.09. The zero-order chi connectivity index (χ0) is 16.1. The predicted molar refractivity (Wildman–Crippen MR) is 86.1 cm³/mol. The van der Waals surface area contributed by atoms with Crippen molar-refractivity contribution in [3.63, 3.8) is 0 Å². The molecule has 0 atom stereocenters. The second-order valence-electron chi connectivity index (χ2n) is 3.98. The number of nitro groups is 1. The zero-order valence-corrected chi connectivity index (χ0v) is 13.4. The van der Waals surface area contributed by atoms with Crippen molar-refractivity contribution in [1.82, 2.24) is 5.43 Å². The molecule has 0 unspecified atom stereocenters. The maximum absolute atomic E-state index is 11.9. The molecule has 9 heteroatoms. The standard InChI is InChI=1S/C13H10IN3O5/c1-21-11-6-8(2-4-10(11)14)13(18)16-15-7-9-3-5-12(22-9)17(19)20/h2-7H,1H3,(H,16,18)/b15-7-. The van der Waals surface area contributed by atoms with E-state index in [1.165, 1.54) is 25.5 Å². The number of nitrogens with one attached hydrogen (secondary N) is 1. The summed E-state index contributed by atoms with van der Waals surface area (Å²) < 4.78 is 10.9. The number of ether oxygens (including phenoxy) is 1. The van der Waals surface area contributed by atoms with Gasteiger partial charge in [-0.15, -0.1) is 0 Å². The molecule has 0 radical (unpaired) electrons. The van der Waals surface area contributed by atoms with Crippen LogP contribution in [0.25, 0.3) is 0 Å². The number of carbonyl (C=O) groups is 1. The minimum Gasteiger partial charge on any atom is -0.496 e. The van der Waals surface area contributed by atoms with Gasteiger partial charge in [0, 0.05) is 5.56 Å². The number of methoxy groups -OCH3 is 1. The van der Waals surface area contributed by atoms with Crippen molar-refractivity contribution in [3.8, 4) is 5.75 Å². The van der Waals surface area contributed by atoms with E-state index < -0.39 is 16.7 Å². The zero-order valence-electron chi connectivity index (χ0n) is 11.3. The Hall–Kier alpha value is -2.43. The van der Waals surface area contributed by atoms with Gasteiger partial charge in [-0.3, -0.25) is 14.9 Å². The number of carbonyl (C=O) groups excluding carboxylic acids is 1. The third-order valence-electron chi connectivity index (χ3n) is 2.56. The number of benzene rings is 1. The molecule has 2 aromatic rings. The highest BCUT2D eigenvalue weighted by atomic mass is 127. The first-order valence-corrected chi connectivity index (χ1v) is 7.00. The Morgan fingerprint density at radius 1 is 1.45 bits per heavy atom. The summed E-state index contributed by atoms with van der Waals surface area (Å²) in [4.78, 5) is 21.7. The first kappa shape index (κ1) is 15.9. The van der Waals surface area contributed by atoms with Crippen LogP contribution in [0.5, 0.6) is 5.75 Å². The number of halogens is 1. The highest BCUT2D eigenvalue weighted by Gasteiger charge is 2.11.